The predicted octanol–water partition coefficient (Wildman–Crippen LogP) is 4.30. The Labute approximate surface area is 156 Å². The molecule has 1 amide bonds. The summed E-state index contributed by atoms with van der Waals surface area (Å²) >= 11 is 1.58. The van der Waals surface area contributed by atoms with Crippen LogP contribution >= 0.6 is 11.8 Å². The number of anilines is 1. The van der Waals surface area contributed by atoms with E-state index in [0.717, 1.165) is 21.9 Å². The highest BCUT2D eigenvalue weighted by Crippen LogP contribution is 2.48. The van der Waals surface area contributed by atoms with Gasteiger partial charge in [-0.05, 0) is 42.5 Å². The van der Waals surface area contributed by atoms with Gasteiger partial charge in [0, 0.05) is 9.79 Å². The Hall–Kier alpha value is -2.53. The molecule has 1 saturated carbocycles. The number of nitrogens with one attached hydrogen (secondary N) is 1. The van der Waals surface area contributed by atoms with E-state index in [9.17, 15) is 14.7 Å². The number of carbonyl (C=O) groups excluding carboxylic acids is 1. The van der Waals surface area contributed by atoms with E-state index in [4.69, 9.17) is 0 Å². The van der Waals surface area contributed by atoms with Crippen LogP contribution in [0.15, 0.2) is 76.5 Å². The van der Waals surface area contributed by atoms with Crippen LogP contribution in [-0.4, -0.2) is 17.0 Å². The lowest BCUT2D eigenvalue weighted by Gasteiger charge is -2.24. The van der Waals surface area contributed by atoms with E-state index in [0.29, 0.717) is 0 Å². The van der Waals surface area contributed by atoms with Crippen LogP contribution in [-0.2, 0) is 9.59 Å². The van der Waals surface area contributed by atoms with Crippen LogP contribution in [0.2, 0.25) is 0 Å². The monoisotopic (exact) mass is 365 g/mol. The van der Waals surface area contributed by atoms with Gasteiger partial charge in [-0.2, -0.15) is 0 Å². The Balaban J connectivity index is 1.55. The van der Waals surface area contributed by atoms with Crippen molar-refractivity contribution >= 4 is 29.3 Å². The van der Waals surface area contributed by atoms with Gasteiger partial charge >= 0.3 is 5.97 Å². The summed E-state index contributed by atoms with van der Waals surface area (Å²) in [4.78, 5) is 26.6. The summed E-state index contributed by atoms with van der Waals surface area (Å²) in [6, 6.07) is 17.6. The number of hydrogen-bond acceptors (Lipinski definition) is 3. The average Bonchev–Trinajstić information content (AvgIpc) is 3.25. The molecule has 2 aromatic rings. The van der Waals surface area contributed by atoms with Gasteiger partial charge in [0.1, 0.15) is 0 Å². The number of aliphatic carboxylic acids is 1. The molecule has 0 radical (unpaired) electrons. The maximum atomic E-state index is 12.9. The molecule has 2 aliphatic carbocycles. The molecule has 0 spiro atoms. The SMILES string of the molecule is O=C(Nc1ccccc1Sc1ccccc1)[C@@H]1[C@H](C(=O)O)[C@H]2C=C[C@H]1C2. The highest BCUT2D eigenvalue weighted by atomic mass is 32.2. The number of para-hydroxylation sites is 1. The Kier molecular flexibility index (Phi) is 4.55. The third-order valence-corrected chi connectivity index (χ3v) is 6.25. The highest BCUT2D eigenvalue weighted by molar-refractivity contribution is 7.99. The maximum Gasteiger partial charge on any atom is 0.307 e. The molecule has 2 aliphatic rings. The summed E-state index contributed by atoms with van der Waals surface area (Å²) < 4.78 is 0. The molecule has 0 heterocycles. The second-order valence-electron chi connectivity index (χ2n) is 6.74. The summed E-state index contributed by atoms with van der Waals surface area (Å²) in [7, 11) is 0. The fraction of sp³-hybridized carbons (Fsp3) is 0.238. The van der Waals surface area contributed by atoms with E-state index in [2.05, 4.69) is 5.32 Å². The van der Waals surface area contributed by atoms with Crippen molar-refractivity contribution in [2.24, 2.45) is 23.7 Å². The van der Waals surface area contributed by atoms with Gasteiger partial charge in [-0.25, -0.2) is 0 Å². The van der Waals surface area contributed by atoms with Crippen molar-refractivity contribution in [3.63, 3.8) is 0 Å². The molecular formula is C21H19NO3S. The number of carbonyl (C=O) groups is 2. The van der Waals surface area contributed by atoms with E-state index in [1.807, 2.05) is 66.7 Å². The zero-order valence-electron chi connectivity index (χ0n) is 14.0. The fourth-order valence-corrected chi connectivity index (χ4v) is 4.93. The molecule has 5 heteroatoms. The quantitative estimate of drug-likeness (QED) is 0.776. The summed E-state index contributed by atoms with van der Waals surface area (Å²) in [5.74, 6) is -2.21. The van der Waals surface area contributed by atoms with Crippen molar-refractivity contribution < 1.29 is 14.7 Å². The molecule has 4 rings (SSSR count). The lowest BCUT2D eigenvalue weighted by molar-refractivity contribution is -0.146. The number of allylic oxidation sites excluding steroid dienone is 2. The molecule has 2 bridgehead atoms. The van der Waals surface area contributed by atoms with E-state index in [1.165, 1.54) is 0 Å². The Morgan fingerprint density at radius 2 is 1.58 bits per heavy atom. The lowest BCUT2D eigenvalue weighted by Crippen LogP contribution is -2.36. The first-order valence-electron chi connectivity index (χ1n) is 8.67. The van der Waals surface area contributed by atoms with E-state index in [-0.39, 0.29) is 17.7 Å². The smallest absolute Gasteiger partial charge is 0.307 e. The van der Waals surface area contributed by atoms with Crippen molar-refractivity contribution in [2.45, 2.75) is 16.2 Å². The number of hydrogen-bond donors (Lipinski definition) is 2. The van der Waals surface area contributed by atoms with E-state index < -0.39 is 17.8 Å². The van der Waals surface area contributed by atoms with Gasteiger partial charge in [0.05, 0.1) is 17.5 Å². The fourth-order valence-electron chi connectivity index (χ4n) is 4.01. The van der Waals surface area contributed by atoms with Gasteiger partial charge in [-0.1, -0.05) is 54.2 Å². The Morgan fingerprint density at radius 3 is 2.31 bits per heavy atom. The summed E-state index contributed by atoms with van der Waals surface area (Å²) in [5, 5.41) is 12.5. The number of amides is 1. The average molecular weight is 365 g/mol. The third kappa shape index (κ3) is 3.15. The van der Waals surface area contributed by atoms with Gasteiger partial charge in [0.15, 0.2) is 0 Å². The normalized spacial score (nSPS) is 26.0. The minimum absolute atomic E-state index is 0.0232. The van der Waals surface area contributed by atoms with Crippen molar-refractivity contribution in [2.75, 3.05) is 5.32 Å². The molecule has 0 aromatic heterocycles. The second-order valence-corrected chi connectivity index (χ2v) is 7.85. The molecule has 4 atom stereocenters. The van der Waals surface area contributed by atoms with E-state index in [1.54, 1.807) is 11.8 Å². The minimum atomic E-state index is -0.881. The molecular weight excluding hydrogens is 346 g/mol. The van der Waals surface area contributed by atoms with Crippen molar-refractivity contribution in [1.82, 2.24) is 0 Å². The second kappa shape index (κ2) is 7.00. The molecule has 4 nitrogen and oxygen atoms in total. The summed E-state index contributed by atoms with van der Waals surface area (Å²) in [5.41, 5.74) is 0.724. The zero-order valence-corrected chi connectivity index (χ0v) is 14.9. The number of carboxylic acid groups (broad SMARTS) is 1. The van der Waals surface area contributed by atoms with Gasteiger partial charge in [0.25, 0.3) is 0 Å². The molecule has 1 fully saturated rings. The molecule has 0 unspecified atom stereocenters. The molecule has 2 N–H and O–H groups in total. The summed E-state index contributed by atoms with van der Waals surface area (Å²) in [6.07, 6.45) is 4.71. The van der Waals surface area contributed by atoms with Crippen LogP contribution in [0.5, 0.6) is 0 Å². The predicted molar refractivity (Wildman–Crippen MR) is 101 cm³/mol. The Bertz CT molecular complexity index is 865. The first-order chi connectivity index (χ1) is 12.6. The lowest BCUT2D eigenvalue weighted by atomic mass is 9.82. The maximum absolute atomic E-state index is 12.9. The molecule has 2 aromatic carbocycles. The van der Waals surface area contributed by atoms with E-state index >= 15 is 0 Å². The van der Waals surface area contributed by atoms with Gasteiger partial charge in [0.2, 0.25) is 5.91 Å². The number of rotatable bonds is 5. The van der Waals surface area contributed by atoms with Crippen LogP contribution in [0.1, 0.15) is 6.42 Å². The zero-order chi connectivity index (χ0) is 18.1. The molecule has 0 aliphatic heterocycles. The van der Waals surface area contributed by atoms with Crippen molar-refractivity contribution in [1.29, 1.82) is 0 Å². The van der Waals surface area contributed by atoms with Crippen LogP contribution in [0.4, 0.5) is 5.69 Å². The van der Waals surface area contributed by atoms with Gasteiger partial charge in [-0.15, -0.1) is 0 Å². The standard InChI is InChI=1S/C21H19NO3S/c23-20(18-13-10-11-14(12-13)19(18)21(24)25)22-16-8-4-5-9-17(16)26-15-6-2-1-3-7-15/h1-11,13-14,18-19H,12H2,(H,22,23)(H,24,25)/t13-,14-,18-,19+/m0/s1. The summed E-state index contributed by atoms with van der Waals surface area (Å²) in [6.45, 7) is 0. The number of benzene rings is 2. The van der Waals surface area contributed by atoms with Crippen molar-refractivity contribution in [3.8, 4) is 0 Å². The third-order valence-electron chi connectivity index (χ3n) is 5.16. The molecule has 132 valence electrons. The number of carboxylic acids is 1. The van der Waals surface area contributed by atoms with Crippen molar-refractivity contribution in [3.05, 3.63) is 66.7 Å². The Morgan fingerprint density at radius 1 is 0.923 bits per heavy atom. The minimum Gasteiger partial charge on any atom is -0.481 e. The van der Waals surface area contributed by atoms with Crippen LogP contribution in [0.3, 0.4) is 0 Å². The highest BCUT2D eigenvalue weighted by Gasteiger charge is 2.51. The first kappa shape index (κ1) is 16.9. The van der Waals surface area contributed by atoms with Crippen LogP contribution < -0.4 is 5.32 Å². The van der Waals surface area contributed by atoms with Crippen LogP contribution in [0.25, 0.3) is 0 Å². The largest absolute Gasteiger partial charge is 0.481 e. The number of fused-ring (bicyclic) bond motifs is 2. The van der Waals surface area contributed by atoms with Crippen LogP contribution in [0, 0.1) is 23.7 Å². The van der Waals surface area contributed by atoms with Gasteiger partial charge in [-0.3, -0.25) is 9.59 Å². The first-order valence-corrected chi connectivity index (χ1v) is 9.49. The van der Waals surface area contributed by atoms with Gasteiger partial charge < -0.3 is 10.4 Å². The molecule has 26 heavy (non-hydrogen) atoms. The topological polar surface area (TPSA) is 66.4 Å². The molecule has 0 saturated heterocycles.